The molecule has 3 rings (SSSR count). The summed E-state index contributed by atoms with van der Waals surface area (Å²) < 4.78 is 13.9. The van der Waals surface area contributed by atoms with Gasteiger partial charge in [-0.1, -0.05) is 42.5 Å². The summed E-state index contributed by atoms with van der Waals surface area (Å²) in [6.07, 6.45) is 1.61. The summed E-state index contributed by atoms with van der Waals surface area (Å²) in [6, 6.07) is 14.0. The highest BCUT2D eigenvalue weighted by Gasteiger charge is 2.12. The zero-order chi connectivity index (χ0) is 14.8. The van der Waals surface area contributed by atoms with Crippen molar-refractivity contribution in [2.75, 3.05) is 5.32 Å². The number of hydrogen-bond donors (Lipinski definition) is 2. The van der Waals surface area contributed by atoms with Gasteiger partial charge in [0.1, 0.15) is 10.8 Å². The summed E-state index contributed by atoms with van der Waals surface area (Å²) >= 11 is 5.07. The fourth-order valence-electron chi connectivity index (χ4n) is 2.16. The fraction of sp³-hybridized carbons (Fsp3) is 0. The number of nitrogens with one attached hydrogen (secondary N) is 1. The van der Waals surface area contributed by atoms with Gasteiger partial charge in [0.15, 0.2) is 0 Å². The lowest BCUT2D eigenvalue weighted by Gasteiger charge is -2.14. The third-order valence-corrected chi connectivity index (χ3v) is 3.39. The molecule has 3 nitrogen and oxygen atoms in total. The van der Waals surface area contributed by atoms with Crippen molar-refractivity contribution in [3.05, 3.63) is 66.1 Å². The first-order valence-corrected chi connectivity index (χ1v) is 6.77. The molecule has 3 N–H and O–H groups in total. The molecule has 0 aliphatic heterocycles. The summed E-state index contributed by atoms with van der Waals surface area (Å²) in [5.74, 6) is -0.340. The van der Waals surface area contributed by atoms with Gasteiger partial charge >= 0.3 is 0 Å². The van der Waals surface area contributed by atoms with Crippen molar-refractivity contribution in [3.8, 4) is 0 Å². The van der Waals surface area contributed by atoms with Crippen LogP contribution in [0, 0.1) is 5.82 Å². The van der Waals surface area contributed by atoms with Crippen LogP contribution in [0.3, 0.4) is 0 Å². The molecule has 1 aromatic heterocycles. The number of benzene rings is 2. The van der Waals surface area contributed by atoms with Gasteiger partial charge in [-0.3, -0.25) is 4.98 Å². The molecule has 0 bridgehead atoms. The van der Waals surface area contributed by atoms with Crippen molar-refractivity contribution in [1.29, 1.82) is 0 Å². The van der Waals surface area contributed by atoms with Crippen LogP contribution in [-0.2, 0) is 0 Å². The standard InChI is InChI=1S/C16H12FN3S/c17-12-6-2-4-8-14(12)20-15-10-5-1-3-7-13(10)19-9-11(15)16(18)21/h1-9H,(H2,18,21)(H,19,20). The van der Waals surface area contributed by atoms with Crippen LogP contribution in [-0.4, -0.2) is 9.97 Å². The average Bonchev–Trinajstić information content (AvgIpc) is 2.49. The zero-order valence-electron chi connectivity index (χ0n) is 11.0. The van der Waals surface area contributed by atoms with E-state index in [4.69, 9.17) is 18.0 Å². The predicted molar refractivity (Wildman–Crippen MR) is 87.3 cm³/mol. The zero-order valence-corrected chi connectivity index (χ0v) is 11.8. The maximum absolute atomic E-state index is 13.9. The minimum absolute atomic E-state index is 0.215. The molecule has 0 aliphatic rings. The van der Waals surface area contributed by atoms with Gasteiger partial charge in [-0.25, -0.2) is 4.39 Å². The summed E-state index contributed by atoms with van der Waals surface area (Å²) in [5.41, 5.74) is 8.17. The van der Waals surface area contributed by atoms with Gasteiger partial charge in [0.05, 0.1) is 22.5 Å². The van der Waals surface area contributed by atoms with E-state index in [9.17, 15) is 4.39 Å². The maximum atomic E-state index is 13.9. The molecule has 0 amide bonds. The van der Waals surface area contributed by atoms with Crippen LogP contribution < -0.4 is 11.1 Å². The van der Waals surface area contributed by atoms with Crippen molar-refractivity contribution in [3.63, 3.8) is 0 Å². The van der Waals surface area contributed by atoms with E-state index in [1.165, 1.54) is 6.07 Å². The summed E-state index contributed by atoms with van der Waals surface area (Å²) in [4.78, 5) is 4.54. The first-order chi connectivity index (χ1) is 10.2. The van der Waals surface area contributed by atoms with E-state index in [-0.39, 0.29) is 10.8 Å². The molecular formula is C16H12FN3S. The third kappa shape index (κ3) is 2.55. The smallest absolute Gasteiger partial charge is 0.146 e. The number of fused-ring (bicyclic) bond motifs is 1. The number of rotatable bonds is 3. The fourth-order valence-corrected chi connectivity index (χ4v) is 2.31. The third-order valence-electron chi connectivity index (χ3n) is 3.17. The summed E-state index contributed by atoms with van der Waals surface area (Å²) in [6.45, 7) is 0. The lowest BCUT2D eigenvalue weighted by atomic mass is 10.1. The second-order valence-electron chi connectivity index (χ2n) is 4.53. The number of hydrogen-bond acceptors (Lipinski definition) is 3. The van der Waals surface area contributed by atoms with E-state index < -0.39 is 0 Å². The van der Waals surface area contributed by atoms with Crippen LogP contribution >= 0.6 is 12.2 Å². The van der Waals surface area contributed by atoms with E-state index in [2.05, 4.69) is 10.3 Å². The van der Waals surface area contributed by atoms with E-state index >= 15 is 0 Å². The minimum atomic E-state index is -0.340. The van der Waals surface area contributed by atoms with E-state index in [0.29, 0.717) is 16.9 Å². The van der Waals surface area contributed by atoms with Gasteiger partial charge in [-0.15, -0.1) is 0 Å². The van der Waals surface area contributed by atoms with Crippen LogP contribution in [0.5, 0.6) is 0 Å². The molecule has 0 fully saturated rings. The highest BCUT2D eigenvalue weighted by molar-refractivity contribution is 7.80. The van der Waals surface area contributed by atoms with Gasteiger partial charge < -0.3 is 11.1 Å². The van der Waals surface area contributed by atoms with E-state index in [1.807, 2.05) is 24.3 Å². The van der Waals surface area contributed by atoms with Gasteiger partial charge in [0.2, 0.25) is 0 Å². The molecule has 0 saturated heterocycles. The molecule has 5 heteroatoms. The van der Waals surface area contributed by atoms with Crippen molar-refractivity contribution in [2.45, 2.75) is 0 Å². The van der Waals surface area contributed by atoms with Gasteiger partial charge in [0, 0.05) is 11.6 Å². The van der Waals surface area contributed by atoms with Gasteiger partial charge in [-0.05, 0) is 18.2 Å². The first kappa shape index (κ1) is 13.5. The van der Waals surface area contributed by atoms with Crippen LogP contribution in [0.4, 0.5) is 15.8 Å². The minimum Gasteiger partial charge on any atom is -0.389 e. The second kappa shape index (κ2) is 5.46. The molecule has 0 aliphatic carbocycles. The molecular weight excluding hydrogens is 285 g/mol. The van der Waals surface area contributed by atoms with Crippen LogP contribution in [0.1, 0.15) is 5.56 Å². The maximum Gasteiger partial charge on any atom is 0.146 e. The Labute approximate surface area is 126 Å². The summed E-state index contributed by atoms with van der Waals surface area (Å²) in [7, 11) is 0. The van der Waals surface area contributed by atoms with E-state index in [0.717, 1.165) is 10.9 Å². The molecule has 0 spiro atoms. The Morgan fingerprint density at radius 1 is 1.10 bits per heavy atom. The number of pyridine rings is 1. The normalized spacial score (nSPS) is 10.5. The SMILES string of the molecule is NC(=S)c1cnc2ccccc2c1Nc1ccccc1F. The monoisotopic (exact) mass is 297 g/mol. The number of thiocarbonyl (C=S) groups is 1. The first-order valence-electron chi connectivity index (χ1n) is 6.36. The lowest BCUT2D eigenvalue weighted by molar-refractivity contribution is 0.632. The van der Waals surface area contributed by atoms with Crippen LogP contribution in [0.25, 0.3) is 10.9 Å². The Hall–Kier alpha value is -2.53. The Kier molecular flexibility index (Phi) is 3.50. The molecule has 0 radical (unpaired) electrons. The van der Waals surface area contributed by atoms with E-state index in [1.54, 1.807) is 24.4 Å². The largest absolute Gasteiger partial charge is 0.389 e. The Morgan fingerprint density at radius 3 is 2.57 bits per heavy atom. The number of anilines is 2. The number of nitrogens with zero attached hydrogens (tertiary/aromatic N) is 1. The van der Waals surface area contributed by atoms with Crippen molar-refractivity contribution in [2.24, 2.45) is 5.73 Å². The molecule has 0 atom stereocenters. The van der Waals surface area contributed by atoms with Crippen molar-refractivity contribution < 1.29 is 4.39 Å². The average molecular weight is 297 g/mol. The number of halogens is 1. The topological polar surface area (TPSA) is 50.9 Å². The lowest BCUT2D eigenvalue weighted by Crippen LogP contribution is -2.13. The quantitative estimate of drug-likeness (QED) is 0.723. The number of aromatic nitrogens is 1. The Balaban J connectivity index is 2.21. The molecule has 2 aromatic carbocycles. The predicted octanol–water partition coefficient (Wildman–Crippen LogP) is 3.75. The van der Waals surface area contributed by atoms with Crippen molar-refractivity contribution in [1.82, 2.24) is 4.98 Å². The molecule has 0 unspecified atom stereocenters. The molecule has 1 heterocycles. The summed E-state index contributed by atoms with van der Waals surface area (Å²) in [5, 5.41) is 3.92. The second-order valence-corrected chi connectivity index (χ2v) is 4.97. The number of nitrogens with two attached hydrogens (primary N) is 1. The van der Waals surface area contributed by atoms with Gasteiger partial charge in [0.25, 0.3) is 0 Å². The van der Waals surface area contributed by atoms with Gasteiger partial charge in [-0.2, -0.15) is 0 Å². The van der Waals surface area contributed by atoms with Crippen molar-refractivity contribution >= 4 is 39.5 Å². The highest BCUT2D eigenvalue weighted by atomic mass is 32.1. The Morgan fingerprint density at radius 2 is 1.81 bits per heavy atom. The molecule has 104 valence electrons. The highest BCUT2D eigenvalue weighted by Crippen LogP contribution is 2.29. The Bertz CT molecular complexity index is 833. The molecule has 21 heavy (non-hydrogen) atoms. The number of para-hydroxylation sites is 2. The molecule has 0 saturated carbocycles. The molecule has 3 aromatic rings. The van der Waals surface area contributed by atoms with Crippen LogP contribution in [0.2, 0.25) is 0 Å². The van der Waals surface area contributed by atoms with Crippen LogP contribution in [0.15, 0.2) is 54.7 Å².